The van der Waals surface area contributed by atoms with Gasteiger partial charge in [0.25, 0.3) is 0 Å². The first-order valence-electron chi connectivity index (χ1n) is 7.45. The molecular weight excluding hydrogens is 278 g/mol. The van der Waals surface area contributed by atoms with Crippen LogP contribution in [0.3, 0.4) is 0 Å². The van der Waals surface area contributed by atoms with Gasteiger partial charge in [-0.15, -0.1) is 10.2 Å². The molecule has 5 heteroatoms. The zero-order valence-corrected chi connectivity index (χ0v) is 12.6. The van der Waals surface area contributed by atoms with Gasteiger partial charge in [0.1, 0.15) is 5.82 Å². The highest BCUT2D eigenvalue weighted by molar-refractivity contribution is 5.86. The molecule has 22 heavy (non-hydrogen) atoms. The van der Waals surface area contributed by atoms with Crippen molar-refractivity contribution in [3.8, 4) is 0 Å². The fraction of sp³-hybridized carbons (Fsp3) is 0.353. The van der Waals surface area contributed by atoms with Crippen LogP contribution < -0.4 is 5.32 Å². The average Bonchev–Trinajstić information content (AvgIpc) is 2.55. The van der Waals surface area contributed by atoms with Gasteiger partial charge in [0.05, 0.1) is 7.11 Å². The van der Waals surface area contributed by atoms with Crippen molar-refractivity contribution in [2.45, 2.75) is 24.7 Å². The third kappa shape index (κ3) is 2.79. The maximum Gasteiger partial charge on any atom is 0.358 e. The van der Waals surface area contributed by atoms with E-state index in [1.54, 1.807) is 12.1 Å². The molecule has 114 valence electrons. The predicted molar refractivity (Wildman–Crippen MR) is 83.8 cm³/mol. The van der Waals surface area contributed by atoms with Crippen LogP contribution in [0.15, 0.2) is 42.5 Å². The topological polar surface area (TPSA) is 64.1 Å². The molecule has 0 atom stereocenters. The van der Waals surface area contributed by atoms with E-state index in [1.165, 1.54) is 31.9 Å². The molecule has 1 heterocycles. The van der Waals surface area contributed by atoms with E-state index in [2.05, 4.69) is 44.5 Å². The van der Waals surface area contributed by atoms with E-state index in [1.807, 2.05) is 6.07 Å². The van der Waals surface area contributed by atoms with Gasteiger partial charge in [0, 0.05) is 12.0 Å². The summed E-state index contributed by atoms with van der Waals surface area (Å²) in [6, 6.07) is 14.0. The van der Waals surface area contributed by atoms with Gasteiger partial charge in [-0.05, 0) is 30.5 Å². The molecule has 1 aromatic heterocycles. The monoisotopic (exact) mass is 297 g/mol. The quantitative estimate of drug-likeness (QED) is 0.860. The molecule has 0 unspecified atom stereocenters. The molecule has 1 saturated carbocycles. The maximum atomic E-state index is 11.3. The van der Waals surface area contributed by atoms with Crippen LogP contribution in [-0.2, 0) is 10.2 Å². The van der Waals surface area contributed by atoms with Gasteiger partial charge >= 0.3 is 5.97 Å². The summed E-state index contributed by atoms with van der Waals surface area (Å²) >= 11 is 0. The highest BCUT2D eigenvalue weighted by atomic mass is 16.5. The number of nitrogens with zero attached hydrogens (tertiary/aromatic N) is 2. The summed E-state index contributed by atoms with van der Waals surface area (Å²) in [5.74, 6) is 0.202. The molecule has 0 aliphatic heterocycles. The minimum absolute atomic E-state index is 0.184. The standard InChI is InChI=1S/C17H19N3O2/c1-22-16(21)14-8-9-15(20-19-14)18-12-17(10-5-11-17)13-6-3-2-4-7-13/h2-4,6-9H,5,10-12H2,1H3,(H,18,20). The Hall–Kier alpha value is -2.43. The van der Waals surface area contributed by atoms with Crippen molar-refractivity contribution < 1.29 is 9.53 Å². The van der Waals surface area contributed by atoms with E-state index >= 15 is 0 Å². The largest absolute Gasteiger partial charge is 0.464 e. The van der Waals surface area contributed by atoms with Crippen LogP contribution in [0.1, 0.15) is 35.3 Å². The number of hydrogen-bond acceptors (Lipinski definition) is 5. The zero-order valence-electron chi connectivity index (χ0n) is 12.6. The van der Waals surface area contributed by atoms with Crippen molar-refractivity contribution in [2.75, 3.05) is 19.0 Å². The van der Waals surface area contributed by atoms with Gasteiger partial charge in [-0.25, -0.2) is 4.79 Å². The number of ether oxygens (including phenoxy) is 1. The number of carbonyl (C=O) groups is 1. The van der Waals surface area contributed by atoms with Gasteiger partial charge in [-0.3, -0.25) is 0 Å². The molecule has 3 rings (SSSR count). The smallest absolute Gasteiger partial charge is 0.358 e. The van der Waals surface area contributed by atoms with Crippen LogP contribution >= 0.6 is 0 Å². The van der Waals surface area contributed by atoms with Crippen LogP contribution in [-0.4, -0.2) is 29.8 Å². The van der Waals surface area contributed by atoms with Gasteiger partial charge in [-0.2, -0.15) is 0 Å². The van der Waals surface area contributed by atoms with E-state index in [4.69, 9.17) is 0 Å². The Morgan fingerprint density at radius 3 is 2.50 bits per heavy atom. The summed E-state index contributed by atoms with van der Waals surface area (Å²) in [6.07, 6.45) is 3.61. The number of nitrogens with one attached hydrogen (secondary N) is 1. The number of aromatic nitrogens is 2. The molecule has 1 fully saturated rings. The molecule has 1 aliphatic carbocycles. The second-order valence-electron chi connectivity index (χ2n) is 5.65. The fourth-order valence-corrected chi connectivity index (χ4v) is 2.86. The van der Waals surface area contributed by atoms with Crippen molar-refractivity contribution in [1.29, 1.82) is 0 Å². The van der Waals surface area contributed by atoms with E-state index in [0.29, 0.717) is 5.82 Å². The average molecular weight is 297 g/mol. The van der Waals surface area contributed by atoms with Gasteiger partial charge in [0.15, 0.2) is 5.69 Å². The Morgan fingerprint density at radius 2 is 1.95 bits per heavy atom. The highest BCUT2D eigenvalue weighted by Crippen LogP contribution is 2.43. The van der Waals surface area contributed by atoms with Crippen molar-refractivity contribution in [1.82, 2.24) is 10.2 Å². The molecule has 5 nitrogen and oxygen atoms in total. The summed E-state index contributed by atoms with van der Waals surface area (Å²) in [6.45, 7) is 0.823. The van der Waals surface area contributed by atoms with Crippen LogP contribution in [0, 0.1) is 0 Å². The second-order valence-corrected chi connectivity index (χ2v) is 5.65. The van der Waals surface area contributed by atoms with Crippen LogP contribution in [0.25, 0.3) is 0 Å². The molecule has 0 bridgehead atoms. The van der Waals surface area contributed by atoms with Crippen LogP contribution in [0.4, 0.5) is 5.82 Å². The number of rotatable bonds is 5. The Labute approximate surface area is 129 Å². The molecule has 0 saturated heterocycles. The van der Waals surface area contributed by atoms with E-state index in [0.717, 1.165) is 6.54 Å². The Morgan fingerprint density at radius 1 is 1.18 bits per heavy atom. The Balaban J connectivity index is 1.68. The SMILES string of the molecule is COC(=O)c1ccc(NCC2(c3ccccc3)CCC2)nn1. The summed E-state index contributed by atoms with van der Waals surface area (Å²) in [5, 5.41) is 11.3. The van der Waals surface area contributed by atoms with Gasteiger partial charge in [-0.1, -0.05) is 36.8 Å². The lowest BCUT2D eigenvalue weighted by Crippen LogP contribution is -2.41. The van der Waals surface area contributed by atoms with Crippen LogP contribution in [0.5, 0.6) is 0 Å². The minimum Gasteiger partial charge on any atom is -0.464 e. The third-order valence-electron chi connectivity index (χ3n) is 4.36. The molecular formula is C17H19N3O2. The predicted octanol–water partition coefficient (Wildman–Crippen LogP) is 2.80. The second kappa shape index (κ2) is 6.13. The van der Waals surface area contributed by atoms with E-state index in [-0.39, 0.29) is 11.1 Å². The van der Waals surface area contributed by atoms with Gasteiger partial charge in [0.2, 0.25) is 0 Å². The van der Waals surface area contributed by atoms with Gasteiger partial charge < -0.3 is 10.1 Å². The molecule has 0 amide bonds. The number of benzene rings is 1. The number of methoxy groups -OCH3 is 1. The lowest BCUT2D eigenvalue weighted by molar-refractivity contribution is 0.0593. The number of carbonyl (C=O) groups excluding carboxylic acids is 1. The minimum atomic E-state index is -0.473. The lowest BCUT2D eigenvalue weighted by atomic mass is 9.64. The lowest BCUT2D eigenvalue weighted by Gasteiger charge is -2.42. The summed E-state index contributed by atoms with van der Waals surface area (Å²) < 4.78 is 4.61. The molecule has 0 spiro atoms. The maximum absolute atomic E-state index is 11.3. The molecule has 0 radical (unpaired) electrons. The number of anilines is 1. The molecule has 1 N–H and O–H groups in total. The van der Waals surface area contributed by atoms with Crippen molar-refractivity contribution in [3.05, 3.63) is 53.7 Å². The third-order valence-corrected chi connectivity index (χ3v) is 4.36. The van der Waals surface area contributed by atoms with E-state index < -0.39 is 5.97 Å². The Kier molecular flexibility index (Phi) is 4.04. The summed E-state index contributed by atoms with van der Waals surface area (Å²) in [5.41, 5.74) is 1.77. The van der Waals surface area contributed by atoms with Crippen LogP contribution in [0.2, 0.25) is 0 Å². The first kappa shape index (κ1) is 14.5. The normalized spacial score (nSPS) is 15.7. The fourth-order valence-electron chi connectivity index (χ4n) is 2.86. The van der Waals surface area contributed by atoms with E-state index in [9.17, 15) is 4.79 Å². The zero-order chi connectivity index (χ0) is 15.4. The number of hydrogen-bond donors (Lipinski definition) is 1. The summed E-state index contributed by atoms with van der Waals surface area (Å²) in [4.78, 5) is 11.3. The van der Waals surface area contributed by atoms with Crippen molar-refractivity contribution >= 4 is 11.8 Å². The summed E-state index contributed by atoms with van der Waals surface area (Å²) in [7, 11) is 1.33. The number of esters is 1. The first-order valence-corrected chi connectivity index (χ1v) is 7.45. The van der Waals surface area contributed by atoms with Crippen molar-refractivity contribution in [3.63, 3.8) is 0 Å². The Bertz CT molecular complexity index is 637. The molecule has 1 aromatic carbocycles. The highest BCUT2D eigenvalue weighted by Gasteiger charge is 2.38. The first-order chi connectivity index (χ1) is 10.7. The molecule has 1 aliphatic rings. The van der Waals surface area contributed by atoms with Crippen molar-refractivity contribution in [2.24, 2.45) is 0 Å². The molecule has 2 aromatic rings.